The molecular formula is C75H18O12. The van der Waals surface area contributed by atoms with Crippen LogP contribution in [0.2, 0.25) is 0 Å². The minimum Gasteiger partial charge on any atom is -0.468 e. The quantitative estimate of drug-likeness (QED) is 0.0673. The summed E-state index contributed by atoms with van der Waals surface area (Å²) in [5, 5.41) is 45.5. The van der Waals surface area contributed by atoms with Crippen LogP contribution in [0.1, 0.15) is 66.8 Å². The summed E-state index contributed by atoms with van der Waals surface area (Å²) >= 11 is 0. The van der Waals surface area contributed by atoms with Crippen LogP contribution < -0.4 is 0 Å². The molecule has 12 nitrogen and oxygen atoms in total. The molecule has 390 valence electrons. The molecule has 0 radical (unpaired) electrons. The van der Waals surface area contributed by atoms with E-state index in [1.807, 2.05) is 0 Å². The van der Waals surface area contributed by atoms with Crippen molar-refractivity contribution >= 4 is 262 Å². The van der Waals surface area contributed by atoms with Crippen LogP contribution in [-0.2, 0) is 89.7 Å². The minimum atomic E-state index is -1.99. The van der Waals surface area contributed by atoms with Crippen molar-refractivity contribution in [3.8, 4) is 0 Å². The van der Waals surface area contributed by atoms with E-state index < -0.39 is 84.6 Å². The molecule has 0 N–H and O–H groups in total. The molecule has 0 unspecified atom stereocenters. The van der Waals surface area contributed by atoms with Crippen LogP contribution in [-0.4, -0.2) is 78.5 Å². The summed E-state index contributed by atoms with van der Waals surface area (Å²) in [4.78, 5) is 101. The molecule has 15 aliphatic carbocycles. The van der Waals surface area contributed by atoms with E-state index in [9.17, 15) is 0 Å². The summed E-state index contributed by atoms with van der Waals surface area (Å²) in [7, 11) is 8.55. The molecule has 0 amide bonds. The predicted octanol–water partition coefficient (Wildman–Crippen LogP) is 11.5. The zero-order chi connectivity index (χ0) is 55.4. The van der Waals surface area contributed by atoms with Crippen LogP contribution in [0.4, 0.5) is 0 Å². The van der Waals surface area contributed by atoms with Crippen molar-refractivity contribution in [3.63, 3.8) is 0 Å². The number of benzene rings is 14. The third kappa shape index (κ3) is 1.76. The van der Waals surface area contributed by atoms with Gasteiger partial charge >= 0.3 is 35.8 Å². The van der Waals surface area contributed by atoms with Crippen molar-refractivity contribution in [2.75, 3.05) is 42.7 Å². The molecule has 3 fully saturated rings. The highest BCUT2D eigenvalue weighted by Gasteiger charge is 3.07. The first-order valence-electron chi connectivity index (χ1n) is 30.4. The monoisotopic (exact) mass is 1110 g/mol. The van der Waals surface area contributed by atoms with Gasteiger partial charge in [0.2, 0.25) is 0 Å². The smallest absolute Gasteiger partial charge is 0.325 e. The fourth-order valence-corrected chi connectivity index (χ4v) is 31.7. The Kier molecular flexibility index (Phi) is 3.38. The van der Waals surface area contributed by atoms with Crippen LogP contribution in [0.5, 0.6) is 0 Å². The topological polar surface area (TPSA) is 158 Å². The van der Waals surface area contributed by atoms with Crippen molar-refractivity contribution < 1.29 is 57.2 Å². The van der Waals surface area contributed by atoms with Crippen LogP contribution in [0.3, 0.4) is 0 Å². The zero-order valence-electron chi connectivity index (χ0n) is 45.4. The molecule has 3 saturated carbocycles. The number of ether oxygens (including phenoxy) is 6. The highest BCUT2D eigenvalue weighted by Crippen LogP contribution is 3.04. The molecule has 6 spiro atoms. The third-order valence-electron chi connectivity index (χ3n) is 31.1. The molecule has 20 aromatic carbocycles. The van der Waals surface area contributed by atoms with Crippen molar-refractivity contribution in [2.45, 2.75) is 32.5 Å². The van der Waals surface area contributed by atoms with Crippen LogP contribution in [0, 0.1) is 16.2 Å². The van der Waals surface area contributed by atoms with E-state index >= 15 is 28.8 Å². The Bertz CT molecular complexity index is 6800. The predicted molar refractivity (Wildman–Crippen MR) is 319 cm³/mol. The average Bonchev–Trinajstić information content (AvgIpc) is 1.34. The Hall–Kier alpha value is -10.2. The van der Waals surface area contributed by atoms with Gasteiger partial charge in [0.05, 0.1) is 75.1 Å². The summed E-state index contributed by atoms with van der Waals surface area (Å²) in [6.07, 6.45) is 0. The number of methoxy groups -OCH3 is 6. The Labute approximate surface area is 475 Å². The molecule has 0 aliphatic heterocycles. The third-order valence-corrected chi connectivity index (χ3v) is 31.1. The lowest BCUT2D eigenvalue weighted by Crippen LogP contribution is -2.37. The Morgan fingerprint density at radius 2 is 0.241 bits per heavy atom. The molecule has 35 rings (SSSR count). The molecule has 87 heavy (non-hydrogen) atoms. The van der Waals surface area contributed by atoms with E-state index in [4.69, 9.17) is 28.4 Å². The van der Waals surface area contributed by atoms with Gasteiger partial charge in [0.15, 0.2) is 16.2 Å². The van der Waals surface area contributed by atoms with Gasteiger partial charge in [-0.25, -0.2) is 0 Å². The van der Waals surface area contributed by atoms with E-state index in [1.165, 1.54) is 91.1 Å². The number of hydrogen-bond acceptors (Lipinski definition) is 12. The van der Waals surface area contributed by atoms with Crippen LogP contribution >= 0.6 is 0 Å². The summed E-state index contributed by atoms with van der Waals surface area (Å²) in [5.74, 6) is -3.83. The lowest BCUT2D eigenvalue weighted by molar-refractivity contribution is -0.164. The summed E-state index contributed by atoms with van der Waals surface area (Å²) in [6, 6.07) is 0. The Morgan fingerprint density at radius 1 is 0.161 bits per heavy atom. The van der Waals surface area contributed by atoms with E-state index in [1.54, 1.807) is 0 Å². The molecule has 20 aromatic rings. The van der Waals surface area contributed by atoms with Gasteiger partial charge in [-0.1, -0.05) is 0 Å². The molecule has 0 atom stereocenters. The molecule has 0 bridgehead atoms. The van der Waals surface area contributed by atoms with Crippen LogP contribution in [0.25, 0.3) is 226 Å². The van der Waals surface area contributed by atoms with Gasteiger partial charge in [-0.2, -0.15) is 0 Å². The standard InChI is InChI=1S/C75H18O12/c1-82-61(76)73(62(77)83-2)67-49-25-16-7-8-10-12-11-9(7)18-13(16)22-31(49)37-39-33(22)51-27(18)29-20(11)15-21(12)30-28-19(10)14-17(8)26(25)50(67)32-23(14)34-40-38(32)56-44-43(55(37)70(56,67)73)45-47-48-46(44)58(40)72-60(48)42-36(54(30)69(72,52(28)34)75(72,65(80)86-5)66(81)87-6)24(15)35-41(42)59(47)71(57(39)45)68(51,53(29)35)74(71,63(78)84-3)64(79)85-4/h1-6H3. The number of carbonyl (C=O) groups excluding carboxylic acids is 6. The minimum absolute atomic E-state index is 0.639. The first-order chi connectivity index (χ1) is 42.6. The van der Waals surface area contributed by atoms with Gasteiger partial charge < -0.3 is 28.4 Å². The highest BCUT2D eigenvalue weighted by atomic mass is 16.6. The van der Waals surface area contributed by atoms with E-state index in [0.29, 0.717) is 0 Å². The average molecular weight is 1110 g/mol. The molecule has 15 aliphatic rings. The van der Waals surface area contributed by atoms with Gasteiger partial charge in [0.25, 0.3) is 0 Å². The fourth-order valence-electron chi connectivity index (χ4n) is 31.7. The Balaban J connectivity index is 1.08. The number of hydrogen-bond donors (Lipinski definition) is 0. The molecule has 12 heteroatoms. The van der Waals surface area contributed by atoms with Crippen molar-refractivity contribution in [1.29, 1.82) is 0 Å². The van der Waals surface area contributed by atoms with Crippen LogP contribution in [0.15, 0.2) is 0 Å². The van der Waals surface area contributed by atoms with Gasteiger partial charge in [-0.15, -0.1) is 0 Å². The SMILES string of the molecule is COC(=O)C1(C(=O)OC)C23c4c5c6c7c8c4c4c9c%10c%11c(c%12c%13c2c5c2c5c%13c%13c%14c%15c%16c%17c%18c%19c(c2c6c2c%19c6c%19c%20c%21c(c8c4c4c%10c8c(c%214)c4c%20c(c6%18)c%16c4c4c%15c(c%12%13)c%11c84)C%194C(C(=O)OC)(C(=O)OC)C724)C52C(C(=O)OC)(C(=O)OC)C%14%172)C913. The molecule has 0 aromatic heterocycles. The zero-order valence-corrected chi connectivity index (χ0v) is 45.4. The van der Waals surface area contributed by atoms with Gasteiger partial charge in [-0.3, -0.25) is 28.8 Å². The second-order valence-electron chi connectivity index (χ2n) is 29.9. The summed E-state index contributed by atoms with van der Waals surface area (Å²) in [6.45, 7) is 0. The molecular weight excluding hydrogens is 1090 g/mol. The first kappa shape index (κ1) is 36.6. The van der Waals surface area contributed by atoms with E-state index in [2.05, 4.69) is 0 Å². The summed E-state index contributed by atoms with van der Waals surface area (Å²) in [5.41, 5.74) is -2.79. The van der Waals surface area contributed by atoms with E-state index in [0.717, 1.165) is 245 Å². The van der Waals surface area contributed by atoms with Crippen molar-refractivity contribution in [3.05, 3.63) is 66.8 Å². The second kappa shape index (κ2) is 8.03. The molecule has 0 saturated heterocycles. The number of carbonyl (C=O) groups is 6. The number of rotatable bonds is 6. The maximum atomic E-state index is 16.8. The first-order valence-corrected chi connectivity index (χ1v) is 30.4. The summed E-state index contributed by atoms with van der Waals surface area (Å²) < 4.78 is 38.2. The highest BCUT2D eigenvalue weighted by molar-refractivity contribution is 6.74. The van der Waals surface area contributed by atoms with Gasteiger partial charge in [0.1, 0.15) is 0 Å². The maximum Gasteiger partial charge on any atom is 0.325 e. The van der Waals surface area contributed by atoms with Crippen molar-refractivity contribution in [1.82, 2.24) is 0 Å². The second-order valence-corrected chi connectivity index (χ2v) is 29.9. The molecule has 0 heterocycles. The fraction of sp³-hybridized carbons (Fsp3) is 0.200. The van der Waals surface area contributed by atoms with Crippen molar-refractivity contribution in [2.24, 2.45) is 16.2 Å². The van der Waals surface area contributed by atoms with E-state index in [-0.39, 0.29) is 0 Å². The normalized spacial score (nSPS) is 29.9. The van der Waals surface area contributed by atoms with Gasteiger partial charge in [-0.05, 0) is 293 Å². The van der Waals surface area contributed by atoms with Gasteiger partial charge in [0, 0.05) is 0 Å². The maximum absolute atomic E-state index is 16.8. The lowest BCUT2D eigenvalue weighted by atomic mass is 9.66. The lowest BCUT2D eigenvalue weighted by Gasteiger charge is -2.33. The Morgan fingerprint density at radius 3 is 0.345 bits per heavy atom. The largest absolute Gasteiger partial charge is 0.468 e. The number of esters is 6.